The lowest BCUT2D eigenvalue weighted by Gasteiger charge is -2.11. The highest BCUT2D eigenvalue weighted by atomic mass is 32.2. The normalized spacial score (nSPS) is 11.9. The highest BCUT2D eigenvalue weighted by Crippen LogP contribution is 2.29. The number of sulfonamides is 1. The van der Waals surface area contributed by atoms with Crippen LogP contribution in [-0.2, 0) is 27.7 Å². The van der Waals surface area contributed by atoms with Crippen molar-refractivity contribution in [1.29, 1.82) is 0 Å². The van der Waals surface area contributed by atoms with Crippen molar-refractivity contribution in [1.82, 2.24) is 19.3 Å². The zero-order valence-electron chi connectivity index (χ0n) is 18.8. The van der Waals surface area contributed by atoms with E-state index in [1.807, 2.05) is 24.3 Å². The molecule has 0 saturated heterocycles. The Morgan fingerprint density at radius 2 is 1.94 bits per heavy atom. The summed E-state index contributed by atoms with van der Waals surface area (Å²) >= 11 is 0. The number of anilines is 1. The third kappa shape index (κ3) is 4.91. The first-order valence-electron chi connectivity index (χ1n) is 10.9. The number of aromatic nitrogens is 3. The molecule has 178 valence electrons. The number of nitrogen functional groups attached to an aromatic ring is 1. The third-order valence-corrected chi connectivity index (χ3v) is 7.01. The Morgan fingerprint density at radius 3 is 2.74 bits per heavy atom. The molecule has 0 amide bonds. The number of nitrogens with two attached hydrogens (primary N) is 1. The zero-order valence-corrected chi connectivity index (χ0v) is 19.6. The van der Waals surface area contributed by atoms with E-state index >= 15 is 0 Å². The SMILES string of the molecule is COCCc1nc2c(N)nc3ccccc3c2n1CCCCNS(=O)(=O)c1cccc(N=O)c1. The van der Waals surface area contributed by atoms with Crippen LogP contribution in [0.3, 0.4) is 0 Å². The number of rotatable bonds is 11. The number of hydrogen-bond donors (Lipinski definition) is 2. The van der Waals surface area contributed by atoms with Crippen molar-refractivity contribution < 1.29 is 13.2 Å². The molecule has 0 spiro atoms. The van der Waals surface area contributed by atoms with Crippen molar-refractivity contribution in [2.75, 3.05) is 26.0 Å². The minimum Gasteiger partial charge on any atom is -0.384 e. The van der Waals surface area contributed by atoms with Crippen molar-refractivity contribution in [3.63, 3.8) is 0 Å². The molecule has 11 heteroatoms. The number of para-hydroxylation sites is 1. The molecule has 4 rings (SSSR count). The maximum absolute atomic E-state index is 12.5. The summed E-state index contributed by atoms with van der Waals surface area (Å²) in [4.78, 5) is 19.9. The second kappa shape index (κ2) is 10.2. The topological polar surface area (TPSA) is 142 Å². The van der Waals surface area contributed by atoms with Crippen LogP contribution >= 0.6 is 0 Å². The first kappa shape index (κ1) is 23.7. The van der Waals surface area contributed by atoms with E-state index in [1.165, 1.54) is 24.3 Å². The van der Waals surface area contributed by atoms with Gasteiger partial charge in [-0.25, -0.2) is 23.1 Å². The molecule has 0 unspecified atom stereocenters. The van der Waals surface area contributed by atoms with Crippen molar-refractivity contribution in [2.24, 2.45) is 5.18 Å². The van der Waals surface area contributed by atoms with Crippen LogP contribution in [0, 0.1) is 4.91 Å². The fraction of sp³-hybridized carbons (Fsp3) is 0.304. The second-order valence-electron chi connectivity index (χ2n) is 7.83. The molecule has 0 aliphatic carbocycles. The number of methoxy groups -OCH3 is 1. The number of benzene rings is 2. The number of hydrogen-bond acceptors (Lipinski definition) is 8. The largest absolute Gasteiger partial charge is 0.384 e. The van der Waals surface area contributed by atoms with Gasteiger partial charge in [0.1, 0.15) is 17.0 Å². The molecule has 0 aliphatic heterocycles. The molecule has 10 nitrogen and oxygen atoms in total. The fourth-order valence-corrected chi connectivity index (χ4v) is 5.04. The van der Waals surface area contributed by atoms with Crippen molar-refractivity contribution in [3.05, 3.63) is 59.3 Å². The Kier molecular flexibility index (Phi) is 7.15. The van der Waals surface area contributed by atoms with E-state index in [1.54, 1.807) is 7.11 Å². The Bertz CT molecular complexity index is 1430. The summed E-state index contributed by atoms with van der Waals surface area (Å²) < 4.78 is 35.0. The number of fused-ring (bicyclic) bond motifs is 3. The van der Waals surface area contributed by atoms with Gasteiger partial charge in [0.25, 0.3) is 0 Å². The van der Waals surface area contributed by atoms with Gasteiger partial charge in [-0.3, -0.25) is 0 Å². The first-order valence-corrected chi connectivity index (χ1v) is 12.4. The summed E-state index contributed by atoms with van der Waals surface area (Å²) in [5, 5.41) is 3.76. The molecule has 0 saturated carbocycles. The summed E-state index contributed by atoms with van der Waals surface area (Å²) in [6.45, 7) is 1.41. The maximum Gasteiger partial charge on any atom is 0.240 e. The van der Waals surface area contributed by atoms with Crippen molar-refractivity contribution >= 4 is 43.5 Å². The molecular weight excluding hydrogens is 456 g/mol. The van der Waals surface area contributed by atoms with Crippen LogP contribution < -0.4 is 10.5 Å². The molecule has 0 atom stereocenters. The summed E-state index contributed by atoms with van der Waals surface area (Å²) in [6, 6.07) is 13.4. The van der Waals surface area contributed by atoms with E-state index in [0.717, 1.165) is 22.2 Å². The van der Waals surface area contributed by atoms with Gasteiger partial charge in [0.05, 0.1) is 22.5 Å². The number of pyridine rings is 1. The number of nitroso groups, excluding NO2 is 1. The van der Waals surface area contributed by atoms with Crippen LogP contribution in [0.15, 0.2) is 58.6 Å². The minimum absolute atomic E-state index is 0.0153. The number of ether oxygens (including phenoxy) is 1. The predicted octanol–water partition coefficient (Wildman–Crippen LogP) is 3.51. The van der Waals surface area contributed by atoms with Gasteiger partial charge >= 0.3 is 0 Å². The highest BCUT2D eigenvalue weighted by molar-refractivity contribution is 7.89. The Labute approximate surface area is 197 Å². The summed E-state index contributed by atoms with van der Waals surface area (Å²) in [5.74, 6) is 1.23. The van der Waals surface area contributed by atoms with Gasteiger partial charge < -0.3 is 15.0 Å². The van der Waals surface area contributed by atoms with Crippen LogP contribution in [0.2, 0.25) is 0 Å². The Hall–Kier alpha value is -3.41. The predicted molar refractivity (Wildman–Crippen MR) is 131 cm³/mol. The van der Waals surface area contributed by atoms with E-state index in [-0.39, 0.29) is 17.1 Å². The number of nitrogens with one attached hydrogen (secondary N) is 1. The van der Waals surface area contributed by atoms with E-state index in [4.69, 9.17) is 15.5 Å². The molecule has 0 fully saturated rings. The lowest BCUT2D eigenvalue weighted by molar-refractivity contribution is 0.199. The van der Waals surface area contributed by atoms with Gasteiger partial charge in [-0.2, -0.15) is 0 Å². The van der Waals surface area contributed by atoms with E-state index in [0.29, 0.717) is 43.7 Å². The van der Waals surface area contributed by atoms with E-state index in [9.17, 15) is 13.3 Å². The number of imidazole rings is 1. The van der Waals surface area contributed by atoms with E-state index < -0.39 is 10.0 Å². The third-order valence-electron chi connectivity index (χ3n) is 5.55. The van der Waals surface area contributed by atoms with Crippen LogP contribution in [0.4, 0.5) is 11.5 Å². The summed E-state index contributed by atoms with van der Waals surface area (Å²) in [6.07, 6.45) is 1.93. The molecule has 2 aromatic heterocycles. The number of nitrogens with zero attached hydrogens (tertiary/aromatic N) is 4. The van der Waals surface area contributed by atoms with Gasteiger partial charge in [-0.15, -0.1) is 4.91 Å². The van der Waals surface area contributed by atoms with Crippen LogP contribution in [0.1, 0.15) is 18.7 Å². The first-order chi connectivity index (χ1) is 16.4. The quantitative estimate of drug-likeness (QED) is 0.246. The Balaban J connectivity index is 1.51. The smallest absolute Gasteiger partial charge is 0.240 e. The molecule has 2 aromatic carbocycles. The number of aryl methyl sites for hydroxylation is 1. The average Bonchev–Trinajstić information content (AvgIpc) is 3.22. The van der Waals surface area contributed by atoms with Crippen LogP contribution in [0.5, 0.6) is 0 Å². The highest BCUT2D eigenvalue weighted by Gasteiger charge is 2.18. The van der Waals surface area contributed by atoms with Gasteiger partial charge in [0, 0.05) is 32.0 Å². The molecule has 34 heavy (non-hydrogen) atoms. The monoisotopic (exact) mass is 482 g/mol. The molecule has 3 N–H and O–H groups in total. The van der Waals surface area contributed by atoms with Gasteiger partial charge in [-0.05, 0) is 42.3 Å². The minimum atomic E-state index is -3.73. The molecule has 4 aromatic rings. The van der Waals surface area contributed by atoms with Gasteiger partial charge in [-0.1, -0.05) is 24.3 Å². The standard InChI is InChI=1S/C23H26N6O4S/c1-33-14-11-20-27-21-22(18-9-2-3-10-19(18)26-23(21)24)29(20)13-5-4-12-25-34(31,32)17-8-6-7-16(15-17)28-30/h2-3,6-10,15,25H,4-5,11-14H2,1H3,(H2,24,26). The van der Waals surface area contributed by atoms with Crippen LogP contribution in [-0.4, -0.2) is 43.2 Å². The lowest BCUT2D eigenvalue weighted by atomic mass is 10.2. The van der Waals surface area contributed by atoms with E-state index in [2.05, 4.69) is 19.5 Å². The maximum atomic E-state index is 12.5. The average molecular weight is 483 g/mol. The summed E-state index contributed by atoms with van der Waals surface area (Å²) in [7, 11) is -2.08. The van der Waals surface area contributed by atoms with Crippen molar-refractivity contribution in [2.45, 2.75) is 30.7 Å². The van der Waals surface area contributed by atoms with Crippen LogP contribution in [0.25, 0.3) is 21.9 Å². The molecule has 0 bridgehead atoms. The molecule has 2 heterocycles. The van der Waals surface area contributed by atoms with Crippen molar-refractivity contribution in [3.8, 4) is 0 Å². The Morgan fingerprint density at radius 1 is 1.12 bits per heavy atom. The summed E-state index contributed by atoms with van der Waals surface area (Å²) in [5.41, 5.74) is 8.66. The second-order valence-corrected chi connectivity index (χ2v) is 9.59. The zero-order chi connectivity index (χ0) is 24.1. The lowest BCUT2D eigenvalue weighted by Crippen LogP contribution is -2.25. The fourth-order valence-electron chi connectivity index (χ4n) is 3.92. The number of unbranched alkanes of at least 4 members (excludes halogenated alkanes) is 1. The molecule has 0 radical (unpaired) electrons. The van der Waals surface area contributed by atoms with Gasteiger partial charge in [0.15, 0.2) is 5.82 Å². The molecule has 0 aliphatic rings. The van der Waals surface area contributed by atoms with Gasteiger partial charge in [0.2, 0.25) is 10.0 Å². The molecular formula is C23H26N6O4S.